The molecule has 136 valence electrons. The van der Waals surface area contributed by atoms with Gasteiger partial charge in [-0.25, -0.2) is 0 Å². The Morgan fingerprint density at radius 1 is 1.35 bits per heavy atom. The molecule has 3 aromatic heterocycles. The number of nitrogens with zero attached hydrogens (tertiary/aromatic N) is 2. The van der Waals surface area contributed by atoms with Crippen LogP contribution in [-0.2, 0) is 11.3 Å². The number of halogens is 2. The molecule has 0 saturated heterocycles. The molecule has 26 heavy (non-hydrogen) atoms. The second kappa shape index (κ2) is 7.36. The van der Waals surface area contributed by atoms with E-state index >= 15 is 0 Å². The maximum Gasteiger partial charge on any atom is 0.268 e. The molecule has 0 bridgehead atoms. The van der Waals surface area contributed by atoms with Gasteiger partial charge >= 0.3 is 0 Å². The number of methoxy groups -OCH3 is 2. The lowest BCUT2D eigenvalue weighted by Gasteiger charge is -2.10. The number of carbonyl (C=O) groups is 1. The van der Waals surface area contributed by atoms with Crippen LogP contribution in [0.3, 0.4) is 0 Å². The predicted molar refractivity (Wildman–Crippen MR) is 97.5 cm³/mol. The highest BCUT2D eigenvalue weighted by atomic mass is 35.5. The lowest BCUT2D eigenvalue weighted by molar-refractivity contribution is 0.102. The number of ether oxygens (including phenoxy) is 2. The quantitative estimate of drug-likeness (QED) is 0.690. The zero-order valence-electron chi connectivity index (χ0n) is 13.8. The third kappa shape index (κ3) is 3.26. The van der Waals surface area contributed by atoms with Crippen LogP contribution in [0.5, 0.6) is 5.88 Å². The number of hydrogen-bond donors (Lipinski definition) is 2. The molecule has 8 nitrogen and oxygen atoms in total. The minimum atomic E-state index is -0.557. The number of nitrogens with one attached hydrogen (secondary N) is 2. The van der Waals surface area contributed by atoms with E-state index in [0.29, 0.717) is 22.7 Å². The molecular formula is C16H14Cl2N4O4. The molecular weight excluding hydrogens is 383 g/mol. The minimum absolute atomic E-state index is 0.0349. The number of pyridine rings is 2. The molecule has 0 unspecified atom stereocenters. The first kappa shape index (κ1) is 18.2. The fourth-order valence-corrected chi connectivity index (χ4v) is 2.89. The van der Waals surface area contributed by atoms with Gasteiger partial charge in [-0.1, -0.05) is 23.2 Å². The van der Waals surface area contributed by atoms with Gasteiger partial charge < -0.3 is 19.8 Å². The summed E-state index contributed by atoms with van der Waals surface area (Å²) in [6.07, 6.45) is 1.25. The normalized spacial score (nSPS) is 10.9. The maximum atomic E-state index is 12.8. The van der Waals surface area contributed by atoms with Crippen LogP contribution in [0.15, 0.2) is 29.2 Å². The van der Waals surface area contributed by atoms with Crippen LogP contribution in [0, 0.1) is 0 Å². The van der Waals surface area contributed by atoms with Gasteiger partial charge in [0.25, 0.3) is 11.5 Å². The van der Waals surface area contributed by atoms with Crippen molar-refractivity contribution in [3.63, 3.8) is 0 Å². The van der Waals surface area contributed by atoms with E-state index in [1.165, 1.54) is 17.8 Å². The van der Waals surface area contributed by atoms with E-state index in [1.54, 1.807) is 25.3 Å². The smallest absolute Gasteiger partial charge is 0.268 e. The minimum Gasteiger partial charge on any atom is -0.481 e. The monoisotopic (exact) mass is 396 g/mol. The second-order valence-corrected chi connectivity index (χ2v) is 6.05. The molecule has 0 aromatic carbocycles. The number of anilines is 1. The molecule has 0 spiro atoms. The van der Waals surface area contributed by atoms with Gasteiger partial charge in [-0.15, -0.1) is 0 Å². The third-order valence-corrected chi connectivity index (χ3v) is 4.27. The molecule has 3 rings (SSSR count). The van der Waals surface area contributed by atoms with Gasteiger partial charge in [-0.05, 0) is 12.1 Å². The summed E-state index contributed by atoms with van der Waals surface area (Å²) in [4.78, 5) is 26.8. The van der Waals surface area contributed by atoms with E-state index in [9.17, 15) is 9.59 Å². The van der Waals surface area contributed by atoms with Crippen LogP contribution in [0.4, 0.5) is 5.69 Å². The molecule has 0 atom stereocenters. The number of amides is 1. The van der Waals surface area contributed by atoms with Gasteiger partial charge in [0.15, 0.2) is 0 Å². The van der Waals surface area contributed by atoms with E-state index in [1.807, 2.05) is 0 Å². The summed E-state index contributed by atoms with van der Waals surface area (Å²) in [7, 11) is 3.05. The standard InChI is InChI=1S/C16H14Cl2N4O4/c1-25-7-8-5-11-9(3-4-12(26-2)22(11)21-8)15(23)20-14-10(17)6-19-16(24)13(14)18/h3-6H,7H2,1-2H3,(H2,19,20,23,24). The predicted octanol–water partition coefficient (Wildman–Crippen LogP) is 2.74. The highest BCUT2D eigenvalue weighted by molar-refractivity contribution is 6.39. The maximum absolute atomic E-state index is 12.8. The lowest BCUT2D eigenvalue weighted by Crippen LogP contribution is -2.17. The zero-order valence-corrected chi connectivity index (χ0v) is 15.3. The molecule has 0 aliphatic rings. The van der Waals surface area contributed by atoms with E-state index in [2.05, 4.69) is 15.4 Å². The first-order valence-corrected chi connectivity index (χ1v) is 8.14. The molecule has 0 radical (unpaired) electrons. The molecule has 2 N–H and O–H groups in total. The SMILES string of the molecule is COCc1cc2c(C(=O)Nc3c(Cl)c[nH]c(=O)c3Cl)ccc(OC)n2n1. The molecule has 0 aliphatic heterocycles. The van der Waals surface area contributed by atoms with Crippen molar-refractivity contribution in [1.82, 2.24) is 14.6 Å². The molecule has 10 heteroatoms. The van der Waals surface area contributed by atoms with Gasteiger partial charge in [0.2, 0.25) is 5.88 Å². The Bertz CT molecular complexity index is 1040. The van der Waals surface area contributed by atoms with Crippen molar-refractivity contribution in [3.8, 4) is 5.88 Å². The summed E-state index contributed by atoms with van der Waals surface area (Å²) in [6.45, 7) is 0.275. The third-order valence-electron chi connectivity index (χ3n) is 3.61. The van der Waals surface area contributed by atoms with Crippen LogP contribution in [0.2, 0.25) is 10.0 Å². The first-order chi connectivity index (χ1) is 12.5. The van der Waals surface area contributed by atoms with Crippen molar-refractivity contribution in [2.75, 3.05) is 19.5 Å². The van der Waals surface area contributed by atoms with Crippen LogP contribution in [0.1, 0.15) is 16.1 Å². The van der Waals surface area contributed by atoms with Gasteiger partial charge in [-0.3, -0.25) is 9.59 Å². The molecule has 1 amide bonds. The van der Waals surface area contributed by atoms with Crippen molar-refractivity contribution in [2.45, 2.75) is 6.61 Å². The molecule has 0 saturated carbocycles. The fourth-order valence-electron chi connectivity index (χ4n) is 2.44. The summed E-state index contributed by atoms with van der Waals surface area (Å²) in [5, 5.41) is 6.83. The molecule has 3 aromatic rings. The van der Waals surface area contributed by atoms with Crippen molar-refractivity contribution >= 4 is 40.3 Å². The number of aromatic amines is 1. The van der Waals surface area contributed by atoms with Crippen LogP contribution < -0.4 is 15.6 Å². The van der Waals surface area contributed by atoms with Crippen LogP contribution >= 0.6 is 23.2 Å². The number of hydrogen-bond acceptors (Lipinski definition) is 5. The average molecular weight is 397 g/mol. The van der Waals surface area contributed by atoms with Crippen molar-refractivity contribution < 1.29 is 14.3 Å². The summed E-state index contributed by atoms with van der Waals surface area (Å²) in [5.41, 5.74) is 0.906. The Morgan fingerprint density at radius 2 is 2.12 bits per heavy atom. The van der Waals surface area contributed by atoms with Crippen molar-refractivity contribution in [3.05, 3.63) is 56.1 Å². The van der Waals surface area contributed by atoms with E-state index in [-0.39, 0.29) is 22.3 Å². The molecule has 3 heterocycles. The second-order valence-electron chi connectivity index (χ2n) is 5.26. The van der Waals surface area contributed by atoms with E-state index in [4.69, 9.17) is 32.7 Å². The Hall–Kier alpha value is -2.55. The molecule has 0 fully saturated rings. The lowest BCUT2D eigenvalue weighted by atomic mass is 10.2. The summed E-state index contributed by atoms with van der Waals surface area (Å²) in [6, 6.07) is 4.89. The molecule has 0 aliphatic carbocycles. The zero-order chi connectivity index (χ0) is 18.8. The van der Waals surface area contributed by atoms with Crippen LogP contribution in [-0.4, -0.2) is 34.7 Å². The Kier molecular flexibility index (Phi) is 5.17. The van der Waals surface area contributed by atoms with Gasteiger partial charge in [-0.2, -0.15) is 9.61 Å². The fraction of sp³-hybridized carbons (Fsp3) is 0.188. The number of rotatable bonds is 5. The largest absolute Gasteiger partial charge is 0.481 e. The van der Waals surface area contributed by atoms with Gasteiger partial charge in [0.05, 0.1) is 41.2 Å². The first-order valence-electron chi connectivity index (χ1n) is 7.39. The van der Waals surface area contributed by atoms with Crippen molar-refractivity contribution in [2.24, 2.45) is 0 Å². The highest BCUT2D eigenvalue weighted by Gasteiger charge is 2.19. The number of carbonyl (C=O) groups excluding carboxylic acids is 1. The van der Waals surface area contributed by atoms with Gasteiger partial charge in [0, 0.05) is 19.4 Å². The number of H-pyrrole nitrogens is 1. The summed E-state index contributed by atoms with van der Waals surface area (Å²) >= 11 is 12.0. The highest BCUT2D eigenvalue weighted by Crippen LogP contribution is 2.28. The average Bonchev–Trinajstić information content (AvgIpc) is 3.05. The Balaban J connectivity index is 2.06. The summed E-state index contributed by atoms with van der Waals surface area (Å²) < 4.78 is 11.8. The van der Waals surface area contributed by atoms with Gasteiger partial charge in [0.1, 0.15) is 5.02 Å². The Labute approximate surface area is 157 Å². The number of fused-ring (bicyclic) bond motifs is 1. The van der Waals surface area contributed by atoms with E-state index < -0.39 is 11.5 Å². The van der Waals surface area contributed by atoms with E-state index in [0.717, 1.165) is 0 Å². The topological polar surface area (TPSA) is 97.7 Å². The summed E-state index contributed by atoms with van der Waals surface area (Å²) in [5.74, 6) is -0.0537. The number of aromatic nitrogens is 3. The van der Waals surface area contributed by atoms with Crippen molar-refractivity contribution in [1.29, 1.82) is 0 Å². The Morgan fingerprint density at radius 3 is 2.81 bits per heavy atom. The van der Waals surface area contributed by atoms with Crippen LogP contribution in [0.25, 0.3) is 5.52 Å².